The smallest absolute Gasteiger partial charge is 0.335 e. The quantitative estimate of drug-likeness (QED) is 0.523. The van der Waals surface area contributed by atoms with E-state index in [-0.39, 0.29) is 0 Å². The van der Waals surface area contributed by atoms with Gasteiger partial charge in [-0.1, -0.05) is 40.9 Å². The van der Waals surface area contributed by atoms with Crippen molar-refractivity contribution in [3.63, 3.8) is 0 Å². The van der Waals surface area contributed by atoms with Gasteiger partial charge in [0.2, 0.25) is 0 Å². The lowest BCUT2D eigenvalue weighted by molar-refractivity contribution is 0.0697. The lowest BCUT2D eigenvalue weighted by Crippen LogP contribution is -2.01. The van der Waals surface area contributed by atoms with Gasteiger partial charge in [0.1, 0.15) is 0 Å². The Morgan fingerprint density at radius 2 is 1.74 bits per heavy atom. The van der Waals surface area contributed by atoms with Gasteiger partial charge in [0.05, 0.1) is 12.2 Å². The van der Waals surface area contributed by atoms with Gasteiger partial charge in [-0.2, -0.15) is 0 Å². The van der Waals surface area contributed by atoms with E-state index in [9.17, 15) is 4.79 Å². The molecule has 0 spiro atoms. The number of hydrogen-bond donors (Lipinski definition) is 1. The van der Waals surface area contributed by atoms with Crippen LogP contribution in [0.4, 0.5) is 0 Å². The van der Waals surface area contributed by atoms with Crippen LogP contribution in [0.3, 0.4) is 0 Å². The van der Waals surface area contributed by atoms with Gasteiger partial charge in [0.15, 0.2) is 0 Å². The van der Waals surface area contributed by atoms with E-state index < -0.39 is 5.97 Å². The first kappa shape index (κ1) is 16.2. The van der Waals surface area contributed by atoms with E-state index in [0.29, 0.717) is 12.2 Å². The summed E-state index contributed by atoms with van der Waals surface area (Å²) in [5.74, 6) is -0.883. The van der Waals surface area contributed by atoms with Gasteiger partial charge in [-0.15, -0.1) is 0 Å². The van der Waals surface area contributed by atoms with Crippen molar-refractivity contribution < 1.29 is 14.6 Å². The zero-order chi connectivity index (χ0) is 13.9. The number of aromatic carboxylic acids is 1. The molecule has 0 atom stereocenters. The van der Waals surface area contributed by atoms with Crippen LogP contribution in [0.1, 0.15) is 41.6 Å². The molecule has 0 amide bonds. The lowest BCUT2D eigenvalue weighted by Gasteiger charge is -2.05. The van der Waals surface area contributed by atoms with E-state index in [1.165, 1.54) is 19.3 Å². The monoisotopic (exact) mass is 328 g/mol. The molecule has 3 nitrogen and oxygen atoms in total. The Kier molecular flexibility index (Phi) is 8.50. The van der Waals surface area contributed by atoms with Crippen LogP contribution in [0.15, 0.2) is 24.3 Å². The van der Waals surface area contributed by atoms with Gasteiger partial charge in [-0.25, -0.2) is 4.79 Å². The van der Waals surface area contributed by atoms with Crippen molar-refractivity contribution in [2.45, 2.75) is 32.1 Å². The Hall–Kier alpha value is -0.870. The topological polar surface area (TPSA) is 46.5 Å². The molecule has 4 heteroatoms. The van der Waals surface area contributed by atoms with Gasteiger partial charge >= 0.3 is 5.97 Å². The van der Waals surface area contributed by atoms with Crippen LogP contribution in [0.25, 0.3) is 0 Å². The van der Waals surface area contributed by atoms with Crippen molar-refractivity contribution in [2.75, 3.05) is 18.5 Å². The highest BCUT2D eigenvalue weighted by molar-refractivity contribution is 9.09. The summed E-state index contributed by atoms with van der Waals surface area (Å²) in [6.45, 7) is 1.51. The fourth-order valence-electron chi connectivity index (χ4n) is 1.76. The predicted octanol–water partition coefficient (Wildman–Crippen LogP) is 3.90. The van der Waals surface area contributed by atoms with Gasteiger partial charge in [0, 0.05) is 11.9 Å². The van der Waals surface area contributed by atoms with Crippen LogP contribution in [0.5, 0.6) is 0 Å². The van der Waals surface area contributed by atoms with E-state index in [2.05, 4.69) is 15.9 Å². The zero-order valence-corrected chi connectivity index (χ0v) is 12.7. The fraction of sp³-hybridized carbons (Fsp3) is 0.533. The highest BCUT2D eigenvalue weighted by Gasteiger charge is 2.01. The summed E-state index contributed by atoms with van der Waals surface area (Å²) in [6.07, 6.45) is 5.66. The number of ether oxygens (including phenoxy) is 1. The molecule has 1 aromatic rings. The van der Waals surface area contributed by atoms with E-state index in [4.69, 9.17) is 9.84 Å². The van der Waals surface area contributed by atoms with Crippen molar-refractivity contribution in [1.82, 2.24) is 0 Å². The minimum absolute atomic E-state index is 0.330. The maximum absolute atomic E-state index is 10.7. The Bertz CT molecular complexity index is 362. The number of alkyl halides is 1. The number of benzene rings is 1. The maximum atomic E-state index is 10.7. The van der Waals surface area contributed by atoms with E-state index in [1.54, 1.807) is 12.1 Å². The summed E-state index contributed by atoms with van der Waals surface area (Å²) in [7, 11) is 0. The van der Waals surface area contributed by atoms with Crippen LogP contribution in [-0.2, 0) is 11.2 Å². The summed E-state index contributed by atoms with van der Waals surface area (Å²) >= 11 is 3.42. The standard InChI is InChI=1S/C15H21BrO3/c16-10-3-1-2-4-11-19-12-9-13-5-7-14(8-6-13)15(17)18/h5-8H,1-4,9-12H2,(H,17,18). The third kappa shape index (κ3) is 7.33. The second kappa shape index (κ2) is 9.98. The van der Waals surface area contributed by atoms with Crippen LogP contribution in [-0.4, -0.2) is 29.6 Å². The Morgan fingerprint density at radius 1 is 1.05 bits per heavy atom. The molecule has 19 heavy (non-hydrogen) atoms. The molecular weight excluding hydrogens is 308 g/mol. The SMILES string of the molecule is O=C(O)c1ccc(CCOCCCCCCBr)cc1. The molecule has 1 rings (SSSR count). The molecule has 0 heterocycles. The van der Waals surface area contributed by atoms with Gasteiger partial charge in [-0.05, 0) is 37.0 Å². The lowest BCUT2D eigenvalue weighted by atomic mass is 10.1. The Balaban J connectivity index is 2.07. The molecule has 0 aliphatic heterocycles. The molecule has 0 aliphatic carbocycles. The summed E-state index contributed by atoms with van der Waals surface area (Å²) < 4.78 is 5.57. The highest BCUT2D eigenvalue weighted by Crippen LogP contribution is 2.06. The second-order valence-electron chi connectivity index (χ2n) is 4.47. The molecule has 1 N–H and O–H groups in total. The van der Waals surface area contributed by atoms with Crippen LogP contribution in [0, 0.1) is 0 Å². The van der Waals surface area contributed by atoms with Crippen molar-refractivity contribution in [2.24, 2.45) is 0 Å². The van der Waals surface area contributed by atoms with Crippen LogP contribution >= 0.6 is 15.9 Å². The van der Waals surface area contributed by atoms with Crippen molar-refractivity contribution in [3.05, 3.63) is 35.4 Å². The summed E-state index contributed by atoms with van der Waals surface area (Å²) in [4.78, 5) is 10.7. The molecule has 1 aromatic carbocycles. The third-order valence-electron chi connectivity index (χ3n) is 2.91. The largest absolute Gasteiger partial charge is 0.478 e. The Labute approximate surface area is 123 Å². The average molecular weight is 329 g/mol. The number of carboxylic acids is 1. The number of unbranched alkanes of at least 4 members (excludes halogenated alkanes) is 3. The molecule has 0 radical (unpaired) electrons. The fourth-order valence-corrected chi connectivity index (χ4v) is 2.15. The number of carbonyl (C=O) groups is 1. The minimum Gasteiger partial charge on any atom is -0.478 e. The van der Waals surface area contributed by atoms with E-state index in [0.717, 1.165) is 30.3 Å². The molecule has 0 saturated carbocycles. The van der Waals surface area contributed by atoms with Gasteiger partial charge in [0.25, 0.3) is 0 Å². The van der Waals surface area contributed by atoms with Crippen molar-refractivity contribution in [1.29, 1.82) is 0 Å². The zero-order valence-electron chi connectivity index (χ0n) is 11.1. The summed E-state index contributed by atoms with van der Waals surface area (Å²) in [5, 5.41) is 9.87. The second-order valence-corrected chi connectivity index (χ2v) is 5.26. The molecular formula is C15H21BrO3. The molecule has 0 saturated heterocycles. The van der Waals surface area contributed by atoms with Crippen LogP contribution in [0.2, 0.25) is 0 Å². The van der Waals surface area contributed by atoms with Crippen molar-refractivity contribution >= 4 is 21.9 Å². The average Bonchev–Trinajstić information content (AvgIpc) is 2.42. The minimum atomic E-state index is -0.883. The first-order valence-corrected chi connectivity index (χ1v) is 7.82. The maximum Gasteiger partial charge on any atom is 0.335 e. The number of rotatable bonds is 10. The molecule has 0 aromatic heterocycles. The summed E-state index contributed by atoms with van der Waals surface area (Å²) in [6, 6.07) is 6.97. The number of carboxylic acid groups (broad SMARTS) is 1. The first-order chi connectivity index (χ1) is 9.24. The number of halogens is 1. The van der Waals surface area contributed by atoms with Crippen LogP contribution < -0.4 is 0 Å². The highest BCUT2D eigenvalue weighted by atomic mass is 79.9. The van der Waals surface area contributed by atoms with E-state index >= 15 is 0 Å². The van der Waals surface area contributed by atoms with Gasteiger partial charge in [-0.3, -0.25) is 0 Å². The normalized spacial score (nSPS) is 10.6. The molecule has 106 valence electrons. The molecule has 0 bridgehead atoms. The molecule has 0 unspecified atom stereocenters. The third-order valence-corrected chi connectivity index (χ3v) is 3.47. The van der Waals surface area contributed by atoms with Crippen molar-refractivity contribution in [3.8, 4) is 0 Å². The predicted molar refractivity (Wildman–Crippen MR) is 80.2 cm³/mol. The number of hydrogen-bond acceptors (Lipinski definition) is 2. The molecule has 0 fully saturated rings. The Morgan fingerprint density at radius 3 is 2.37 bits per heavy atom. The molecule has 0 aliphatic rings. The summed E-state index contributed by atoms with van der Waals surface area (Å²) in [5.41, 5.74) is 1.45. The van der Waals surface area contributed by atoms with Gasteiger partial charge < -0.3 is 9.84 Å². The first-order valence-electron chi connectivity index (χ1n) is 6.70. The van der Waals surface area contributed by atoms with E-state index in [1.807, 2.05) is 12.1 Å².